The molecule has 0 fully saturated rings. The molecule has 134 valence electrons. The van der Waals surface area contributed by atoms with Crippen molar-refractivity contribution < 1.29 is 9.90 Å². The fraction of sp³-hybridized carbons (Fsp3) is 0.136. The van der Waals surface area contributed by atoms with E-state index in [-0.39, 0.29) is 12.1 Å². The molecule has 1 atom stereocenters. The van der Waals surface area contributed by atoms with Crippen molar-refractivity contribution in [3.8, 4) is 0 Å². The Labute approximate surface area is 162 Å². The van der Waals surface area contributed by atoms with Crippen molar-refractivity contribution in [1.82, 2.24) is 0 Å². The van der Waals surface area contributed by atoms with E-state index >= 15 is 0 Å². The molecule has 0 aromatic heterocycles. The van der Waals surface area contributed by atoms with Crippen LogP contribution in [0.4, 0.5) is 0 Å². The first-order chi connectivity index (χ1) is 12.5. The number of aliphatic carboxylic acids is 1. The monoisotopic (exact) mass is 428 g/mol. The minimum atomic E-state index is -3.17. The molecule has 0 spiro atoms. The molecule has 0 amide bonds. The predicted octanol–water partition coefficient (Wildman–Crippen LogP) is 4.69. The zero-order chi connectivity index (χ0) is 18.6. The van der Waals surface area contributed by atoms with E-state index in [4.69, 9.17) is 0 Å². The SMILES string of the molecule is CC(CC(=O)O)P(Br)(c1ccccc1)(c1ccccc1)c1ccccc1. The first-order valence-corrected chi connectivity index (χ1v) is 12.9. The molecular formula is C22H22BrO2P. The summed E-state index contributed by atoms with van der Waals surface area (Å²) in [4.78, 5) is 11.7. The number of carbonyl (C=O) groups is 1. The third-order valence-electron chi connectivity index (χ3n) is 5.08. The van der Waals surface area contributed by atoms with Crippen LogP contribution in [0, 0.1) is 0 Å². The Bertz CT molecular complexity index is 782. The first kappa shape index (κ1) is 18.8. The Morgan fingerprint density at radius 3 is 1.38 bits per heavy atom. The van der Waals surface area contributed by atoms with Crippen LogP contribution in [0.15, 0.2) is 91.0 Å². The zero-order valence-electron chi connectivity index (χ0n) is 14.6. The number of benzene rings is 3. The van der Waals surface area contributed by atoms with Gasteiger partial charge < -0.3 is 0 Å². The second-order valence-electron chi connectivity index (χ2n) is 6.53. The molecule has 1 unspecified atom stereocenters. The van der Waals surface area contributed by atoms with Gasteiger partial charge in [0.2, 0.25) is 0 Å². The maximum absolute atomic E-state index is 11.7. The van der Waals surface area contributed by atoms with Crippen LogP contribution < -0.4 is 15.9 Å². The van der Waals surface area contributed by atoms with Crippen LogP contribution in [-0.4, -0.2) is 16.7 Å². The molecule has 0 aliphatic rings. The van der Waals surface area contributed by atoms with E-state index in [1.54, 1.807) is 0 Å². The van der Waals surface area contributed by atoms with Crippen LogP contribution >= 0.6 is 20.8 Å². The number of carboxylic acid groups (broad SMARTS) is 1. The van der Waals surface area contributed by atoms with Crippen LogP contribution in [0.25, 0.3) is 0 Å². The van der Waals surface area contributed by atoms with Crippen LogP contribution in [0.1, 0.15) is 13.3 Å². The molecule has 0 heterocycles. The molecule has 1 N–H and O–H groups in total. The molecule has 0 radical (unpaired) electrons. The molecule has 2 nitrogen and oxygen atoms in total. The summed E-state index contributed by atoms with van der Waals surface area (Å²) in [5.41, 5.74) is -0.120. The van der Waals surface area contributed by atoms with Gasteiger partial charge in [-0.25, -0.2) is 0 Å². The van der Waals surface area contributed by atoms with Gasteiger partial charge in [-0.3, -0.25) is 0 Å². The molecule has 3 aromatic rings. The third kappa shape index (κ3) is 2.90. The first-order valence-electron chi connectivity index (χ1n) is 8.60. The molecular weight excluding hydrogens is 407 g/mol. The van der Waals surface area contributed by atoms with Gasteiger partial charge in [0.1, 0.15) is 0 Å². The normalized spacial score (nSPS) is 14.2. The van der Waals surface area contributed by atoms with Gasteiger partial charge >= 0.3 is 163 Å². The predicted molar refractivity (Wildman–Crippen MR) is 116 cm³/mol. The van der Waals surface area contributed by atoms with E-state index in [9.17, 15) is 9.90 Å². The third-order valence-corrected chi connectivity index (χ3v) is 16.6. The van der Waals surface area contributed by atoms with Crippen molar-refractivity contribution in [2.75, 3.05) is 0 Å². The Morgan fingerprint density at radius 2 is 1.12 bits per heavy atom. The van der Waals surface area contributed by atoms with Crippen molar-refractivity contribution in [2.24, 2.45) is 0 Å². The van der Waals surface area contributed by atoms with Crippen molar-refractivity contribution in [3.63, 3.8) is 0 Å². The zero-order valence-corrected chi connectivity index (χ0v) is 17.1. The summed E-state index contributed by atoms with van der Waals surface area (Å²) in [5.74, 6) is -0.784. The fourth-order valence-electron chi connectivity index (χ4n) is 3.79. The number of hydrogen-bond acceptors (Lipinski definition) is 1. The molecule has 0 aliphatic carbocycles. The van der Waals surface area contributed by atoms with Crippen molar-refractivity contribution in [1.29, 1.82) is 0 Å². The van der Waals surface area contributed by atoms with E-state index in [0.717, 1.165) is 15.9 Å². The minimum absolute atomic E-state index is 0.0851. The summed E-state index contributed by atoms with van der Waals surface area (Å²) in [6.45, 7) is 2.05. The summed E-state index contributed by atoms with van der Waals surface area (Å²) < 4.78 is 0. The fourth-order valence-corrected chi connectivity index (χ4v) is 11.5. The van der Waals surface area contributed by atoms with Gasteiger partial charge in [-0.1, -0.05) is 0 Å². The van der Waals surface area contributed by atoms with Crippen LogP contribution in [0.5, 0.6) is 0 Å². The summed E-state index contributed by atoms with van der Waals surface area (Å²) in [7, 11) is 0. The summed E-state index contributed by atoms with van der Waals surface area (Å²) >= 11 is 4.28. The number of carboxylic acids is 1. The molecule has 26 heavy (non-hydrogen) atoms. The molecule has 3 rings (SSSR count). The van der Waals surface area contributed by atoms with Gasteiger partial charge in [-0.05, 0) is 0 Å². The second kappa shape index (κ2) is 7.34. The van der Waals surface area contributed by atoms with Gasteiger partial charge in [0.05, 0.1) is 0 Å². The van der Waals surface area contributed by atoms with E-state index in [2.05, 4.69) is 51.9 Å². The quantitative estimate of drug-likeness (QED) is 0.578. The van der Waals surface area contributed by atoms with Crippen molar-refractivity contribution in [2.45, 2.75) is 19.0 Å². The summed E-state index contributed by atoms with van der Waals surface area (Å²) in [5, 5.41) is 9.86. The molecule has 0 saturated carbocycles. The Kier molecular flexibility index (Phi) is 5.32. The summed E-state index contributed by atoms with van der Waals surface area (Å²) in [6.07, 6.45) is 0.0851. The standard InChI is InChI=1S/C22H22BrO2P/c1-18(17-22(24)25)26(23,19-11-5-2-6-12-19,20-13-7-3-8-14-20)21-15-9-4-10-16-21/h2-16,18H,17H2,1H3,(H,24,25). The van der Waals surface area contributed by atoms with Crippen molar-refractivity contribution >= 4 is 42.7 Å². The topological polar surface area (TPSA) is 37.3 Å². The number of halogens is 1. The van der Waals surface area contributed by atoms with Crippen molar-refractivity contribution in [3.05, 3.63) is 91.0 Å². The Hall–Kier alpha value is -1.96. The molecule has 0 saturated heterocycles. The Morgan fingerprint density at radius 1 is 0.808 bits per heavy atom. The van der Waals surface area contributed by atoms with Gasteiger partial charge in [0, 0.05) is 0 Å². The molecule has 0 aliphatic heterocycles. The van der Waals surface area contributed by atoms with Crippen LogP contribution in [-0.2, 0) is 4.79 Å². The average molecular weight is 429 g/mol. The van der Waals surface area contributed by atoms with E-state index in [0.29, 0.717) is 0 Å². The molecule has 0 bridgehead atoms. The van der Waals surface area contributed by atoms with Gasteiger partial charge in [0.15, 0.2) is 0 Å². The van der Waals surface area contributed by atoms with E-state index < -0.39 is 11.3 Å². The second-order valence-corrected chi connectivity index (χ2v) is 15.5. The average Bonchev–Trinajstić information content (AvgIpc) is 2.69. The van der Waals surface area contributed by atoms with Gasteiger partial charge in [-0.15, -0.1) is 0 Å². The van der Waals surface area contributed by atoms with Crippen LogP contribution in [0.3, 0.4) is 0 Å². The van der Waals surface area contributed by atoms with Gasteiger partial charge in [0.25, 0.3) is 0 Å². The number of rotatable bonds is 6. The molecule has 3 aromatic carbocycles. The van der Waals surface area contributed by atoms with Crippen LogP contribution in [0.2, 0.25) is 0 Å². The van der Waals surface area contributed by atoms with Gasteiger partial charge in [-0.2, -0.15) is 0 Å². The number of hydrogen-bond donors (Lipinski definition) is 1. The van der Waals surface area contributed by atoms with E-state index in [1.165, 1.54) is 0 Å². The molecule has 4 heteroatoms. The van der Waals surface area contributed by atoms with E-state index in [1.807, 2.05) is 61.5 Å². The maximum atomic E-state index is 11.7. The Balaban J connectivity index is 2.45. The summed E-state index contributed by atoms with van der Waals surface area (Å²) in [6, 6.07) is 30.8.